The number of hydrogen-bond donors (Lipinski definition) is 1. The van der Waals surface area contributed by atoms with Crippen molar-refractivity contribution in [1.29, 1.82) is 0 Å². The van der Waals surface area contributed by atoms with Crippen molar-refractivity contribution in [2.75, 3.05) is 13.2 Å². The number of aryl methyl sites for hydroxylation is 1. The van der Waals surface area contributed by atoms with Gasteiger partial charge >= 0.3 is 0 Å². The molecule has 0 saturated carbocycles. The van der Waals surface area contributed by atoms with Gasteiger partial charge in [0.2, 0.25) is 0 Å². The van der Waals surface area contributed by atoms with Gasteiger partial charge in [-0.2, -0.15) is 5.10 Å². The number of nitrogens with zero attached hydrogens (tertiary/aromatic N) is 2. The fraction of sp³-hybridized carbons (Fsp3) is 0.769. The van der Waals surface area contributed by atoms with E-state index in [9.17, 15) is 0 Å². The van der Waals surface area contributed by atoms with Crippen molar-refractivity contribution in [2.24, 2.45) is 0 Å². The van der Waals surface area contributed by atoms with Crippen LogP contribution >= 0.6 is 15.9 Å². The van der Waals surface area contributed by atoms with Gasteiger partial charge in [-0.1, -0.05) is 0 Å². The van der Waals surface area contributed by atoms with Gasteiger partial charge in [-0.25, -0.2) is 0 Å². The zero-order chi connectivity index (χ0) is 13.1. The van der Waals surface area contributed by atoms with Crippen LogP contribution in [-0.2, 0) is 11.3 Å². The molecule has 5 heteroatoms. The summed E-state index contributed by atoms with van der Waals surface area (Å²) in [6, 6.07) is 0.424. The molecule has 0 spiro atoms. The van der Waals surface area contributed by atoms with E-state index in [1.807, 2.05) is 6.92 Å². The lowest BCUT2D eigenvalue weighted by molar-refractivity contribution is 0.0834. The maximum atomic E-state index is 5.67. The Morgan fingerprint density at radius 2 is 2.33 bits per heavy atom. The first kappa shape index (κ1) is 14.0. The molecule has 1 aliphatic rings. The highest BCUT2D eigenvalue weighted by Gasteiger charge is 2.21. The molecule has 2 heterocycles. The van der Waals surface area contributed by atoms with Crippen molar-refractivity contribution in [2.45, 2.75) is 52.3 Å². The first-order valence-corrected chi connectivity index (χ1v) is 7.43. The van der Waals surface area contributed by atoms with Crippen LogP contribution in [0.25, 0.3) is 0 Å². The van der Waals surface area contributed by atoms with Gasteiger partial charge in [0.25, 0.3) is 0 Å². The molecule has 1 N–H and O–H groups in total. The van der Waals surface area contributed by atoms with E-state index in [0.29, 0.717) is 12.1 Å². The minimum atomic E-state index is 0.386. The lowest BCUT2D eigenvalue weighted by Gasteiger charge is -2.20. The van der Waals surface area contributed by atoms with Crippen molar-refractivity contribution in [1.82, 2.24) is 15.1 Å². The zero-order valence-electron chi connectivity index (χ0n) is 11.4. The Morgan fingerprint density at radius 3 is 2.89 bits per heavy atom. The van der Waals surface area contributed by atoms with Gasteiger partial charge in [-0.05, 0) is 49.5 Å². The van der Waals surface area contributed by atoms with Crippen LogP contribution in [0.15, 0.2) is 4.47 Å². The predicted molar refractivity (Wildman–Crippen MR) is 75.8 cm³/mol. The molecule has 0 amide bonds. The third-order valence-corrected chi connectivity index (χ3v) is 4.75. The van der Waals surface area contributed by atoms with E-state index < -0.39 is 0 Å². The molecule has 0 aromatic carbocycles. The number of nitrogens with one attached hydrogen (secondary N) is 1. The Bertz CT molecular complexity index is 399. The molecule has 0 bridgehead atoms. The van der Waals surface area contributed by atoms with Crippen molar-refractivity contribution in [3.05, 3.63) is 15.9 Å². The second-order valence-electron chi connectivity index (χ2n) is 5.00. The Hall–Kier alpha value is -0.390. The molecule has 2 unspecified atom stereocenters. The quantitative estimate of drug-likeness (QED) is 0.907. The molecule has 18 heavy (non-hydrogen) atoms. The monoisotopic (exact) mass is 315 g/mol. The van der Waals surface area contributed by atoms with Gasteiger partial charge < -0.3 is 10.1 Å². The summed E-state index contributed by atoms with van der Waals surface area (Å²) in [5, 5.41) is 8.03. The van der Waals surface area contributed by atoms with E-state index in [4.69, 9.17) is 4.74 Å². The van der Waals surface area contributed by atoms with E-state index in [2.05, 4.69) is 44.9 Å². The highest BCUT2D eigenvalue weighted by Crippen LogP contribution is 2.19. The Balaban J connectivity index is 1.79. The van der Waals surface area contributed by atoms with E-state index >= 15 is 0 Å². The van der Waals surface area contributed by atoms with Gasteiger partial charge in [-0.15, -0.1) is 0 Å². The van der Waals surface area contributed by atoms with Crippen LogP contribution in [0.5, 0.6) is 0 Å². The summed E-state index contributed by atoms with van der Waals surface area (Å²) in [7, 11) is 0. The van der Waals surface area contributed by atoms with Crippen molar-refractivity contribution in [3.8, 4) is 0 Å². The lowest BCUT2D eigenvalue weighted by Crippen LogP contribution is -2.38. The van der Waals surface area contributed by atoms with Gasteiger partial charge in [0, 0.05) is 24.9 Å². The van der Waals surface area contributed by atoms with E-state index in [1.54, 1.807) is 0 Å². The minimum absolute atomic E-state index is 0.386. The standard InChI is InChI=1S/C13H22BrN3O/c1-9(12-5-4-8-18-12)15-6-7-17-11(3)13(14)10(2)16-17/h9,12,15H,4-8H2,1-3H3. The number of aromatic nitrogens is 2. The molecule has 1 aromatic heterocycles. The fourth-order valence-corrected chi connectivity index (χ4v) is 2.70. The normalized spacial score (nSPS) is 21.4. The number of rotatable bonds is 5. The Labute approximate surface area is 117 Å². The van der Waals surface area contributed by atoms with Crippen LogP contribution in [0, 0.1) is 13.8 Å². The van der Waals surface area contributed by atoms with E-state index in [1.165, 1.54) is 18.5 Å². The lowest BCUT2D eigenvalue weighted by atomic mass is 10.1. The summed E-state index contributed by atoms with van der Waals surface area (Å²) in [6.07, 6.45) is 2.76. The molecule has 2 rings (SSSR count). The van der Waals surface area contributed by atoms with Crippen molar-refractivity contribution >= 4 is 15.9 Å². The van der Waals surface area contributed by atoms with Crippen LogP contribution in [0.1, 0.15) is 31.2 Å². The van der Waals surface area contributed by atoms with Crippen LogP contribution in [-0.4, -0.2) is 35.1 Å². The number of halogens is 1. The summed E-state index contributed by atoms with van der Waals surface area (Å²) in [5.74, 6) is 0. The van der Waals surface area contributed by atoms with Crippen molar-refractivity contribution < 1.29 is 4.74 Å². The predicted octanol–water partition coefficient (Wildman–Crippen LogP) is 2.42. The van der Waals surface area contributed by atoms with Crippen molar-refractivity contribution in [3.63, 3.8) is 0 Å². The summed E-state index contributed by atoms with van der Waals surface area (Å²) in [5.41, 5.74) is 2.25. The molecule has 0 aliphatic carbocycles. The SMILES string of the molecule is Cc1nn(CCNC(C)C2CCCO2)c(C)c1Br. The molecule has 102 valence electrons. The molecule has 1 fully saturated rings. The second kappa shape index (κ2) is 6.17. The van der Waals surface area contributed by atoms with Gasteiger partial charge in [0.15, 0.2) is 0 Å². The van der Waals surface area contributed by atoms with Crippen LogP contribution in [0.3, 0.4) is 0 Å². The molecule has 1 saturated heterocycles. The fourth-order valence-electron chi connectivity index (χ4n) is 2.42. The molecule has 4 nitrogen and oxygen atoms in total. The average Bonchev–Trinajstić information content (AvgIpc) is 2.95. The molecule has 1 aromatic rings. The second-order valence-corrected chi connectivity index (χ2v) is 5.80. The van der Waals surface area contributed by atoms with E-state index in [-0.39, 0.29) is 0 Å². The average molecular weight is 316 g/mol. The Kier molecular flexibility index (Phi) is 4.81. The Morgan fingerprint density at radius 1 is 1.56 bits per heavy atom. The maximum Gasteiger partial charge on any atom is 0.0738 e. The highest BCUT2D eigenvalue weighted by atomic mass is 79.9. The summed E-state index contributed by atoms with van der Waals surface area (Å²) < 4.78 is 8.84. The van der Waals surface area contributed by atoms with Crippen LogP contribution < -0.4 is 5.32 Å². The first-order valence-electron chi connectivity index (χ1n) is 6.64. The van der Waals surface area contributed by atoms with Gasteiger partial charge in [-0.3, -0.25) is 4.68 Å². The van der Waals surface area contributed by atoms with Crippen LogP contribution in [0.2, 0.25) is 0 Å². The molecule has 2 atom stereocenters. The smallest absolute Gasteiger partial charge is 0.0738 e. The summed E-state index contributed by atoms with van der Waals surface area (Å²) in [4.78, 5) is 0. The molecular weight excluding hydrogens is 294 g/mol. The third kappa shape index (κ3) is 3.13. The molecular formula is C13H22BrN3O. The highest BCUT2D eigenvalue weighted by molar-refractivity contribution is 9.10. The topological polar surface area (TPSA) is 39.1 Å². The molecule has 0 radical (unpaired) electrons. The third-order valence-electron chi connectivity index (χ3n) is 3.61. The maximum absolute atomic E-state index is 5.67. The molecule has 1 aliphatic heterocycles. The number of ether oxygens (including phenoxy) is 1. The largest absolute Gasteiger partial charge is 0.377 e. The summed E-state index contributed by atoms with van der Waals surface area (Å²) >= 11 is 3.55. The van der Waals surface area contributed by atoms with Crippen LogP contribution in [0.4, 0.5) is 0 Å². The zero-order valence-corrected chi connectivity index (χ0v) is 13.0. The first-order chi connectivity index (χ1) is 8.59. The summed E-state index contributed by atoms with van der Waals surface area (Å²) in [6.45, 7) is 9.06. The van der Waals surface area contributed by atoms with Gasteiger partial charge in [0.05, 0.1) is 22.8 Å². The number of hydrogen-bond acceptors (Lipinski definition) is 3. The van der Waals surface area contributed by atoms with Gasteiger partial charge in [0.1, 0.15) is 0 Å². The van der Waals surface area contributed by atoms with E-state index in [0.717, 1.165) is 29.9 Å². The minimum Gasteiger partial charge on any atom is -0.377 e.